The molecule has 3 heteroatoms. The van der Waals surface area contributed by atoms with E-state index < -0.39 is 0 Å². The number of nitrogens with one attached hydrogen (secondary N) is 1. The SMILES string of the molecule is CCNC(CCOC)c1cc2cc(C)ccc2o1. The Morgan fingerprint density at radius 1 is 1.33 bits per heavy atom. The molecule has 2 rings (SSSR count). The summed E-state index contributed by atoms with van der Waals surface area (Å²) in [5.74, 6) is 0.995. The fraction of sp³-hybridized carbons (Fsp3) is 0.467. The summed E-state index contributed by atoms with van der Waals surface area (Å²) < 4.78 is 11.1. The third kappa shape index (κ3) is 2.92. The van der Waals surface area contributed by atoms with Crippen LogP contribution in [-0.4, -0.2) is 20.3 Å². The maximum absolute atomic E-state index is 5.92. The molecule has 0 amide bonds. The summed E-state index contributed by atoms with van der Waals surface area (Å²) >= 11 is 0. The third-order valence-electron chi connectivity index (χ3n) is 3.10. The fourth-order valence-electron chi connectivity index (χ4n) is 2.18. The van der Waals surface area contributed by atoms with Gasteiger partial charge in [0.05, 0.1) is 6.04 Å². The quantitative estimate of drug-likeness (QED) is 0.849. The lowest BCUT2D eigenvalue weighted by atomic mass is 10.1. The third-order valence-corrected chi connectivity index (χ3v) is 3.10. The van der Waals surface area contributed by atoms with Gasteiger partial charge in [-0.1, -0.05) is 18.6 Å². The van der Waals surface area contributed by atoms with Crippen molar-refractivity contribution in [1.82, 2.24) is 5.32 Å². The first-order valence-electron chi connectivity index (χ1n) is 6.47. The highest BCUT2D eigenvalue weighted by Gasteiger charge is 2.15. The van der Waals surface area contributed by atoms with Gasteiger partial charge >= 0.3 is 0 Å². The summed E-state index contributed by atoms with van der Waals surface area (Å²) in [6.07, 6.45) is 0.920. The average Bonchev–Trinajstić information content (AvgIpc) is 2.77. The largest absolute Gasteiger partial charge is 0.459 e. The molecular weight excluding hydrogens is 226 g/mol. The Bertz CT molecular complexity index is 504. The van der Waals surface area contributed by atoms with E-state index in [2.05, 4.69) is 37.4 Å². The Balaban J connectivity index is 2.26. The molecule has 0 aliphatic heterocycles. The van der Waals surface area contributed by atoms with Crippen molar-refractivity contribution in [3.63, 3.8) is 0 Å². The fourth-order valence-corrected chi connectivity index (χ4v) is 2.18. The van der Waals surface area contributed by atoms with Crippen LogP contribution >= 0.6 is 0 Å². The van der Waals surface area contributed by atoms with Crippen LogP contribution in [0.2, 0.25) is 0 Å². The van der Waals surface area contributed by atoms with E-state index in [9.17, 15) is 0 Å². The number of hydrogen-bond acceptors (Lipinski definition) is 3. The Kier molecular flexibility index (Phi) is 4.39. The molecule has 0 aliphatic rings. The Morgan fingerprint density at radius 3 is 2.89 bits per heavy atom. The van der Waals surface area contributed by atoms with Gasteiger partial charge < -0.3 is 14.5 Å². The average molecular weight is 247 g/mol. The van der Waals surface area contributed by atoms with Gasteiger partial charge in [0.1, 0.15) is 11.3 Å². The lowest BCUT2D eigenvalue weighted by Crippen LogP contribution is -2.21. The molecule has 2 aromatic rings. The van der Waals surface area contributed by atoms with Crippen LogP contribution in [0, 0.1) is 6.92 Å². The minimum atomic E-state index is 0.225. The highest BCUT2D eigenvalue weighted by Crippen LogP contribution is 2.26. The first-order valence-corrected chi connectivity index (χ1v) is 6.47. The van der Waals surface area contributed by atoms with Crippen molar-refractivity contribution in [2.45, 2.75) is 26.3 Å². The summed E-state index contributed by atoms with van der Waals surface area (Å²) in [7, 11) is 1.73. The van der Waals surface area contributed by atoms with E-state index in [4.69, 9.17) is 9.15 Å². The van der Waals surface area contributed by atoms with Crippen molar-refractivity contribution in [1.29, 1.82) is 0 Å². The molecule has 0 saturated heterocycles. The number of ether oxygens (including phenoxy) is 1. The molecule has 1 heterocycles. The molecule has 1 unspecified atom stereocenters. The van der Waals surface area contributed by atoms with E-state index >= 15 is 0 Å². The molecule has 1 N–H and O–H groups in total. The molecule has 3 nitrogen and oxygen atoms in total. The summed E-state index contributed by atoms with van der Waals surface area (Å²) in [6.45, 7) is 5.85. The molecule has 0 saturated carbocycles. The van der Waals surface area contributed by atoms with Gasteiger partial charge in [-0.3, -0.25) is 0 Å². The first-order chi connectivity index (χ1) is 8.74. The number of furan rings is 1. The molecule has 0 bridgehead atoms. The zero-order chi connectivity index (χ0) is 13.0. The highest BCUT2D eigenvalue weighted by atomic mass is 16.5. The summed E-state index contributed by atoms with van der Waals surface area (Å²) in [5.41, 5.74) is 2.21. The van der Waals surface area contributed by atoms with Gasteiger partial charge in [-0.05, 0) is 38.1 Å². The van der Waals surface area contributed by atoms with Gasteiger partial charge in [0.2, 0.25) is 0 Å². The van der Waals surface area contributed by atoms with Crippen LogP contribution in [0.25, 0.3) is 11.0 Å². The van der Waals surface area contributed by atoms with Crippen LogP contribution in [0.15, 0.2) is 28.7 Å². The van der Waals surface area contributed by atoms with Gasteiger partial charge in [0, 0.05) is 19.1 Å². The molecule has 0 fully saturated rings. The number of methoxy groups -OCH3 is 1. The molecule has 98 valence electrons. The predicted molar refractivity (Wildman–Crippen MR) is 73.9 cm³/mol. The molecule has 1 aromatic carbocycles. The van der Waals surface area contributed by atoms with Crippen molar-refractivity contribution >= 4 is 11.0 Å². The van der Waals surface area contributed by atoms with E-state index in [0.717, 1.165) is 30.9 Å². The van der Waals surface area contributed by atoms with Gasteiger partial charge in [-0.15, -0.1) is 0 Å². The molecule has 18 heavy (non-hydrogen) atoms. The van der Waals surface area contributed by atoms with E-state index in [1.54, 1.807) is 7.11 Å². The Labute approximate surface area is 108 Å². The molecule has 1 atom stereocenters. The number of benzene rings is 1. The highest BCUT2D eigenvalue weighted by molar-refractivity contribution is 5.78. The molecule has 0 aliphatic carbocycles. The molecule has 0 radical (unpaired) electrons. The Hall–Kier alpha value is -1.32. The molecule has 0 spiro atoms. The van der Waals surface area contributed by atoms with E-state index in [1.165, 1.54) is 10.9 Å². The monoisotopic (exact) mass is 247 g/mol. The summed E-state index contributed by atoms with van der Waals surface area (Å²) in [4.78, 5) is 0. The van der Waals surface area contributed by atoms with Gasteiger partial charge in [-0.2, -0.15) is 0 Å². The van der Waals surface area contributed by atoms with Crippen LogP contribution in [0.5, 0.6) is 0 Å². The minimum absolute atomic E-state index is 0.225. The zero-order valence-corrected chi connectivity index (χ0v) is 11.3. The van der Waals surface area contributed by atoms with Crippen molar-refractivity contribution in [2.24, 2.45) is 0 Å². The second kappa shape index (κ2) is 6.03. The van der Waals surface area contributed by atoms with E-state index in [1.807, 2.05) is 6.07 Å². The summed E-state index contributed by atoms with van der Waals surface area (Å²) in [5, 5.41) is 4.61. The lowest BCUT2D eigenvalue weighted by molar-refractivity contribution is 0.179. The van der Waals surface area contributed by atoms with Crippen LogP contribution < -0.4 is 5.32 Å². The van der Waals surface area contributed by atoms with Crippen LogP contribution in [0.1, 0.15) is 30.7 Å². The number of aryl methyl sites for hydroxylation is 1. The van der Waals surface area contributed by atoms with Gasteiger partial charge in [0.15, 0.2) is 0 Å². The van der Waals surface area contributed by atoms with Crippen molar-refractivity contribution in [3.05, 3.63) is 35.6 Å². The number of fused-ring (bicyclic) bond motifs is 1. The van der Waals surface area contributed by atoms with Crippen molar-refractivity contribution < 1.29 is 9.15 Å². The van der Waals surface area contributed by atoms with Crippen molar-refractivity contribution in [2.75, 3.05) is 20.3 Å². The second-order valence-corrected chi connectivity index (χ2v) is 4.58. The molecular formula is C15H21NO2. The minimum Gasteiger partial charge on any atom is -0.459 e. The van der Waals surface area contributed by atoms with Crippen molar-refractivity contribution in [3.8, 4) is 0 Å². The Morgan fingerprint density at radius 2 is 2.17 bits per heavy atom. The summed E-state index contributed by atoms with van der Waals surface area (Å²) in [6, 6.07) is 8.62. The second-order valence-electron chi connectivity index (χ2n) is 4.58. The van der Waals surface area contributed by atoms with E-state index in [0.29, 0.717) is 0 Å². The predicted octanol–water partition coefficient (Wildman–Crippen LogP) is 3.43. The van der Waals surface area contributed by atoms with Crippen LogP contribution in [0.4, 0.5) is 0 Å². The maximum Gasteiger partial charge on any atom is 0.134 e. The van der Waals surface area contributed by atoms with Gasteiger partial charge in [-0.25, -0.2) is 0 Å². The van der Waals surface area contributed by atoms with Crippen LogP contribution in [-0.2, 0) is 4.74 Å². The van der Waals surface area contributed by atoms with E-state index in [-0.39, 0.29) is 6.04 Å². The zero-order valence-electron chi connectivity index (χ0n) is 11.3. The number of rotatable bonds is 6. The first kappa shape index (κ1) is 13.1. The lowest BCUT2D eigenvalue weighted by Gasteiger charge is -2.14. The smallest absolute Gasteiger partial charge is 0.134 e. The van der Waals surface area contributed by atoms with Gasteiger partial charge in [0.25, 0.3) is 0 Å². The standard InChI is InChI=1S/C15H21NO2/c1-4-16-13(7-8-17-3)15-10-12-9-11(2)5-6-14(12)18-15/h5-6,9-10,13,16H,4,7-8H2,1-3H3. The molecule has 1 aromatic heterocycles. The normalized spacial score (nSPS) is 13.1. The maximum atomic E-state index is 5.92. The van der Waals surface area contributed by atoms with Crippen LogP contribution in [0.3, 0.4) is 0 Å². The number of hydrogen-bond donors (Lipinski definition) is 1. The topological polar surface area (TPSA) is 34.4 Å².